The molecule has 21 heavy (non-hydrogen) atoms. The van der Waals surface area contributed by atoms with Gasteiger partial charge in [0.25, 0.3) is 0 Å². The number of carbonyl (C=O) groups excluding carboxylic acids is 1. The van der Waals surface area contributed by atoms with Gasteiger partial charge in [-0.15, -0.1) is 0 Å². The van der Waals surface area contributed by atoms with Crippen molar-refractivity contribution in [3.8, 4) is 5.75 Å². The molecule has 2 rings (SSSR count). The van der Waals surface area contributed by atoms with Crippen LogP contribution in [-0.2, 0) is 4.79 Å². The van der Waals surface area contributed by atoms with Crippen molar-refractivity contribution in [1.82, 2.24) is 4.90 Å². The maximum absolute atomic E-state index is 12.2. The van der Waals surface area contributed by atoms with Crippen LogP contribution >= 0.6 is 0 Å². The van der Waals surface area contributed by atoms with Crippen molar-refractivity contribution >= 4 is 11.6 Å². The zero-order valence-electron chi connectivity index (χ0n) is 12.8. The second-order valence-corrected chi connectivity index (χ2v) is 5.73. The first-order valence-electron chi connectivity index (χ1n) is 7.49. The summed E-state index contributed by atoms with van der Waals surface area (Å²) in [6, 6.07) is 8.22. The van der Waals surface area contributed by atoms with E-state index in [-0.39, 0.29) is 5.91 Å². The lowest BCUT2D eigenvalue weighted by atomic mass is 9.91. The maximum atomic E-state index is 12.2. The number of hydrogen-bond donors (Lipinski definition) is 2. The molecule has 5 nitrogen and oxygen atoms in total. The number of rotatable bonds is 5. The lowest BCUT2D eigenvalue weighted by Crippen LogP contribution is -2.42. The Balaban J connectivity index is 1.86. The van der Waals surface area contributed by atoms with Crippen molar-refractivity contribution < 1.29 is 9.53 Å². The van der Waals surface area contributed by atoms with Crippen LogP contribution in [0, 0.1) is 0 Å². The number of amides is 1. The summed E-state index contributed by atoms with van der Waals surface area (Å²) in [5, 5.41) is 2.91. The third kappa shape index (κ3) is 4.44. The van der Waals surface area contributed by atoms with Gasteiger partial charge in [-0.05, 0) is 44.9 Å². The Morgan fingerprint density at radius 2 is 2.00 bits per heavy atom. The van der Waals surface area contributed by atoms with Gasteiger partial charge in [0.15, 0.2) is 0 Å². The van der Waals surface area contributed by atoms with Gasteiger partial charge in [-0.2, -0.15) is 0 Å². The SMILES string of the molecule is COc1ccccc1NC(=O)CN(C)C1CCC(N)CC1. The summed E-state index contributed by atoms with van der Waals surface area (Å²) in [5.74, 6) is 0.661. The molecule has 1 saturated carbocycles. The van der Waals surface area contributed by atoms with Crippen LogP contribution in [-0.4, -0.2) is 43.6 Å². The van der Waals surface area contributed by atoms with Gasteiger partial charge >= 0.3 is 0 Å². The second-order valence-electron chi connectivity index (χ2n) is 5.73. The van der Waals surface area contributed by atoms with Gasteiger partial charge in [-0.3, -0.25) is 9.69 Å². The monoisotopic (exact) mass is 291 g/mol. The Bertz CT molecular complexity index is 470. The Morgan fingerprint density at radius 3 is 2.67 bits per heavy atom. The zero-order chi connectivity index (χ0) is 15.2. The molecule has 116 valence electrons. The topological polar surface area (TPSA) is 67.6 Å². The number of anilines is 1. The van der Waals surface area contributed by atoms with Crippen LogP contribution in [0.1, 0.15) is 25.7 Å². The molecule has 0 bridgehead atoms. The number of likely N-dealkylation sites (N-methyl/N-ethyl adjacent to an activating group) is 1. The molecule has 1 fully saturated rings. The summed E-state index contributed by atoms with van der Waals surface area (Å²) >= 11 is 0. The summed E-state index contributed by atoms with van der Waals surface area (Å²) in [6.45, 7) is 0.387. The first kappa shape index (κ1) is 15.8. The Labute approximate surface area is 126 Å². The molecule has 1 aromatic rings. The molecule has 0 atom stereocenters. The molecule has 3 N–H and O–H groups in total. The number of nitrogens with zero attached hydrogens (tertiary/aromatic N) is 1. The lowest BCUT2D eigenvalue weighted by molar-refractivity contribution is -0.117. The van der Waals surface area contributed by atoms with Crippen LogP contribution in [0.4, 0.5) is 5.69 Å². The fourth-order valence-corrected chi connectivity index (χ4v) is 2.84. The highest BCUT2D eigenvalue weighted by Crippen LogP contribution is 2.24. The van der Waals surface area contributed by atoms with E-state index in [1.54, 1.807) is 7.11 Å². The van der Waals surface area contributed by atoms with Crippen molar-refractivity contribution in [1.29, 1.82) is 0 Å². The quantitative estimate of drug-likeness (QED) is 0.868. The van der Waals surface area contributed by atoms with Gasteiger partial charge in [-0.25, -0.2) is 0 Å². The number of para-hydroxylation sites is 2. The van der Waals surface area contributed by atoms with E-state index >= 15 is 0 Å². The molecular weight excluding hydrogens is 266 g/mol. The van der Waals surface area contributed by atoms with Gasteiger partial charge in [0, 0.05) is 12.1 Å². The fourth-order valence-electron chi connectivity index (χ4n) is 2.84. The first-order chi connectivity index (χ1) is 10.1. The van der Waals surface area contributed by atoms with Crippen LogP contribution < -0.4 is 15.8 Å². The molecule has 1 aliphatic rings. The molecule has 0 spiro atoms. The predicted octanol–water partition coefficient (Wildman–Crippen LogP) is 1.84. The largest absolute Gasteiger partial charge is 0.495 e. The van der Waals surface area contributed by atoms with E-state index in [0.29, 0.717) is 30.1 Å². The van der Waals surface area contributed by atoms with E-state index in [0.717, 1.165) is 25.7 Å². The summed E-state index contributed by atoms with van der Waals surface area (Å²) in [6.07, 6.45) is 4.23. The van der Waals surface area contributed by atoms with Crippen molar-refractivity contribution in [2.24, 2.45) is 5.73 Å². The Hall–Kier alpha value is -1.59. The van der Waals surface area contributed by atoms with Crippen LogP contribution in [0.3, 0.4) is 0 Å². The minimum atomic E-state index is -0.0168. The summed E-state index contributed by atoms with van der Waals surface area (Å²) < 4.78 is 5.24. The molecule has 5 heteroatoms. The van der Waals surface area contributed by atoms with E-state index in [9.17, 15) is 4.79 Å². The first-order valence-corrected chi connectivity index (χ1v) is 7.49. The molecule has 1 aromatic carbocycles. The summed E-state index contributed by atoms with van der Waals surface area (Å²) in [7, 11) is 3.60. The molecule has 1 amide bonds. The van der Waals surface area contributed by atoms with Gasteiger partial charge < -0.3 is 15.8 Å². The number of carbonyl (C=O) groups is 1. The fraction of sp³-hybridized carbons (Fsp3) is 0.562. The lowest BCUT2D eigenvalue weighted by Gasteiger charge is -2.33. The molecule has 0 heterocycles. The number of ether oxygens (including phenoxy) is 1. The standard InChI is InChI=1S/C16H25N3O2/c1-19(13-9-7-12(17)8-10-13)11-16(20)18-14-5-3-4-6-15(14)21-2/h3-6,12-13H,7-11,17H2,1-2H3,(H,18,20). The van der Waals surface area contributed by atoms with E-state index in [1.165, 1.54) is 0 Å². The highest BCUT2D eigenvalue weighted by atomic mass is 16.5. The van der Waals surface area contributed by atoms with Crippen molar-refractivity contribution in [2.45, 2.75) is 37.8 Å². The van der Waals surface area contributed by atoms with Crippen molar-refractivity contribution in [3.05, 3.63) is 24.3 Å². The van der Waals surface area contributed by atoms with Gasteiger partial charge in [0.05, 0.1) is 19.3 Å². The third-order valence-corrected chi connectivity index (χ3v) is 4.14. The molecule has 1 aliphatic carbocycles. The number of nitrogens with two attached hydrogens (primary N) is 1. The molecule has 0 aliphatic heterocycles. The minimum Gasteiger partial charge on any atom is -0.495 e. The number of nitrogens with one attached hydrogen (secondary N) is 1. The molecule has 0 radical (unpaired) electrons. The molecule has 0 saturated heterocycles. The second kappa shape index (κ2) is 7.43. The molecule has 0 aromatic heterocycles. The number of hydrogen-bond acceptors (Lipinski definition) is 4. The molecule has 0 unspecified atom stereocenters. The average Bonchev–Trinajstić information content (AvgIpc) is 2.48. The van der Waals surface area contributed by atoms with Crippen molar-refractivity contribution in [3.63, 3.8) is 0 Å². The highest BCUT2D eigenvalue weighted by Gasteiger charge is 2.23. The van der Waals surface area contributed by atoms with Gasteiger partial charge in [0.2, 0.25) is 5.91 Å². The van der Waals surface area contributed by atoms with E-state index in [1.807, 2.05) is 31.3 Å². The van der Waals surface area contributed by atoms with Crippen LogP contribution in [0.25, 0.3) is 0 Å². The Kier molecular flexibility index (Phi) is 5.59. The normalized spacial score (nSPS) is 22.1. The summed E-state index contributed by atoms with van der Waals surface area (Å²) in [5.41, 5.74) is 6.63. The van der Waals surface area contributed by atoms with Crippen LogP contribution in [0.5, 0.6) is 5.75 Å². The zero-order valence-corrected chi connectivity index (χ0v) is 12.8. The van der Waals surface area contributed by atoms with E-state index in [4.69, 9.17) is 10.5 Å². The number of benzene rings is 1. The average molecular weight is 291 g/mol. The minimum absolute atomic E-state index is 0.0168. The predicted molar refractivity (Wildman–Crippen MR) is 84.5 cm³/mol. The molecular formula is C16H25N3O2. The van der Waals surface area contributed by atoms with Crippen molar-refractivity contribution in [2.75, 3.05) is 26.0 Å². The van der Waals surface area contributed by atoms with E-state index < -0.39 is 0 Å². The Morgan fingerprint density at radius 1 is 1.33 bits per heavy atom. The van der Waals surface area contributed by atoms with Crippen LogP contribution in [0.15, 0.2) is 24.3 Å². The van der Waals surface area contributed by atoms with Gasteiger partial charge in [-0.1, -0.05) is 12.1 Å². The smallest absolute Gasteiger partial charge is 0.238 e. The van der Waals surface area contributed by atoms with Gasteiger partial charge in [0.1, 0.15) is 5.75 Å². The third-order valence-electron chi connectivity index (χ3n) is 4.14. The van der Waals surface area contributed by atoms with E-state index in [2.05, 4.69) is 10.2 Å². The number of methoxy groups -OCH3 is 1. The maximum Gasteiger partial charge on any atom is 0.238 e. The summed E-state index contributed by atoms with van der Waals surface area (Å²) in [4.78, 5) is 14.3. The highest BCUT2D eigenvalue weighted by molar-refractivity contribution is 5.93. The van der Waals surface area contributed by atoms with Crippen LogP contribution in [0.2, 0.25) is 0 Å².